The van der Waals surface area contributed by atoms with Gasteiger partial charge in [-0.2, -0.15) is 0 Å². The lowest BCUT2D eigenvalue weighted by Gasteiger charge is -2.47. The zero-order chi connectivity index (χ0) is 16.7. The number of carboxylic acids is 1. The summed E-state index contributed by atoms with van der Waals surface area (Å²) in [7, 11) is 0. The third kappa shape index (κ3) is 2.56. The first kappa shape index (κ1) is 16.1. The third-order valence-corrected chi connectivity index (χ3v) is 5.89. The van der Waals surface area contributed by atoms with Crippen molar-refractivity contribution in [3.8, 4) is 0 Å². The van der Waals surface area contributed by atoms with Crippen LogP contribution in [0.1, 0.15) is 19.4 Å². The number of hydrogen-bond donors (Lipinski definition) is 1. The molecule has 3 rings (SSSR count). The van der Waals surface area contributed by atoms with Crippen molar-refractivity contribution in [1.29, 1.82) is 0 Å². The van der Waals surface area contributed by atoms with Crippen molar-refractivity contribution in [3.05, 3.63) is 46.5 Å². The maximum atomic E-state index is 12.2. The van der Waals surface area contributed by atoms with Gasteiger partial charge in [-0.15, -0.1) is 11.8 Å². The van der Waals surface area contributed by atoms with E-state index in [1.807, 2.05) is 37.3 Å². The number of carbonyl (C=O) groups is 2. The first-order chi connectivity index (χ1) is 10.9. The molecule has 6 heteroatoms. The Hall–Kier alpha value is -1.79. The number of nitrogens with zero attached hydrogens (tertiary/aromatic N) is 1. The SMILES string of the molecule is C[C@@H](O)[C@H]1C(=O)N2C(C(=O)[O-])=C(SCc3ccccc3)[C@H](C)[C@H]12. The zero-order valence-corrected chi connectivity index (χ0v) is 13.7. The topological polar surface area (TPSA) is 80.7 Å². The van der Waals surface area contributed by atoms with E-state index in [1.165, 1.54) is 16.7 Å². The van der Waals surface area contributed by atoms with E-state index in [0.29, 0.717) is 10.7 Å². The first-order valence-electron chi connectivity index (χ1n) is 7.57. The molecule has 23 heavy (non-hydrogen) atoms. The Morgan fingerprint density at radius 3 is 2.61 bits per heavy atom. The van der Waals surface area contributed by atoms with Crippen molar-refractivity contribution >= 4 is 23.6 Å². The summed E-state index contributed by atoms with van der Waals surface area (Å²) < 4.78 is 0. The van der Waals surface area contributed by atoms with Gasteiger partial charge in [0.1, 0.15) is 0 Å². The lowest BCUT2D eigenvalue weighted by Crippen LogP contribution is -2.64. The summed E-state index contributed by atoms with van der Waals surface area (Å²) in [6, 6.07) is 9.46. The van der Waals surface area contributed by atoms with Crippen LogP contribution in [0.15, 0.2) is 40.9 Å². The number of carboxylic acid groups (broad SMARTS) is 1. The van der Waals surface area contributed by atoms with E-state index in [9.17, 15) is 19.8 Å². The van der Waals surface area contributed by atoms with E-state index < -0.39 is 18.0 Å². The number of aliphatic carboxylic acids is 1. The van der Waals surface area contributed by atoms with Crippen LogP contribution < -0.4 is 5.11 Å². The highest BCUT2D eigenvalue weighted by Crippen LogP contribution is 2.50. The fourth-order valence-corrected chi connectivity index (χ4v) is 4.68. The molecular weight excluding hydrogens is 314 g/mol. The Morgan fingerprint density at radius 2 is 2.04 bits per heavy atom. The number of carbonyl (C=O) groups excluding carboxylic acids is 2. The molecule has 0 saturated carbocycles. The minimum absolute atomic E-state index is 0.0228. The van der Waals surface area contributed by atoms with E-state index >= 15 is 0 Å². The molecule has 2 aliphatic rings. The van der Waals surface area contributed by atoms with Gasteiger partial charge in [0.2, 0.25) is 5.91 Å². The van der Waals surface area contributed by atoms with Crippen LogP contribution in [-0.2, 0) is 15.3 Å². The van der Waals surface area contributed by atoms with Gasteiger partial charge < -0.3 is 19.9 Å². The van der Waals surface area contributed by atoms with Crippen LogP contribution in [0.4, 0.5) is 0 Å². The number of thioether (sulfide) groups is 1. The van der Waals surface area contributed by atoms with Gasteiger partial charge in [-0.25, -0.2) is 0 Å². The van der Waals surface area contributed by atoms with Crippen LogP contribution in [0, 0.1) is 11.8 Å². The quantitative estimate of drug-likeness (QED) is 0.805. The monoisotopic (exact) mass is 332 g/mol. The molecule has 1 aromatic carbocycles. The molecule has 0 aromatic heterocycles. The largest absolute Gasteiger partial charge is 0.543 e. The average molecular weight is 332 g/mol. The second-order valence-electron chi connectivity index (χ2n) is 6.03. The van der Waals surface area contributed by atoms with Crippen molar-refractivity contribution in [1.82, 2.24) is 4.90 Å². The molecule has 0 radical (unpaired) electrons. The number of fused-ring (bicyclic) bond motifs is 1. The van der Waals surface area contributed by atoms with Gasteiger partial charge in [0, 0.05) is 16.6 Å². The Kier molecular flexibility index (Phi) is 4.21. The van der Waals surface area contributed by atoms with Crippen LogP contribution in [-0.4, -0.2) is 34.0 Å². The fraction of sp³-hybridized carbons (Fsp3) is 0.412. The predicted octanol–water partition coefficient (Wildman–Crippen LogP) is 0.739. The molecular formula is C17H18NO4S-. The molecule has 4 atom stereocenters. The summed E-state index contributed by atoms with van der Waals surface area (Å²) in [5.74, 6) is -1.67. The predicted molar refractivity (Wildman–Crippen MR) is 84.7 cm³/mol. The number of rotatable bonds is 5. The molecule has 122 valence electrons. The van der Waals surface area contributed by atoms with E-state index in [1.54, 1.807) is 6.92 Å². The number of β-lactam (4-membered cyclic amide) rings is 1. The summed E-state index contributed by atoms with van der Waals surface area (Å²) in [6.07, 6.45) is -0.785. The minimum atomic E-state index is -1.33. The summed E-state index contributed by atoms with van der Waals surface area (Å²) >= 11 is 1.43. The highest BCUT2D eigenvalue weighted by atomic mass is 32.2. The summed E-state index contributed by atoms with van der Waals surface area (Å²) in [5.41, 5.74) is 1.06. The van der Waals surface area contributed by atoms with Gasteiger partial charge in [-0.3, -0.25) is 4.79 Å². The van der Waals surface area contributed by atoms with Gasteiger partial charge in [-0.1, -0.05) is 37.3 Å². The van der Waals surface area contributed by atoms with Gasteiger partial charge >= 0.3 is 0 Å². The Labute approximate surface area is 139 Å². The maximum Gasteiger partial charge on any atom is 0.235 e. The highest BCUT2D eigenvalue weighted by Gasteiger charge is 2.58. The molecule has 1 fully saturated rings. The molecule has 1 aromatic rings. The van der Waals surface area contributed by atoms with E-state index in [0.717, 1.165) is 5.56 Å². The number of amides is 1. The van der Waals surface area contributed by atoms with Crippen molar-refractivity contribution in [2.75, 3.05) is 0 Å². The summed E-state index contributed by atoms with van der Waals surface area (Å²) in [6.45, 7) is 3.48. The van der Waals surface area contributed by atoms with Crippen LogP contribution in [0.5, 0.6) is 0 Å². The molecule has 5 nitrogen and oxygen atoms in total. The molecule has 1 amide bonds. The van der Waals surface area contributed by atoms with Crippen molar-refractivity contribution in [3.63, 3.8) is 0 Å². The maximum absolute atomic E-state index is 12.2. The molecule has 2 aliphatic heterocycles. The number of aliphatic hydroxyl groups is 1. The van der Waals surface area contributed by atoms with Crippen molar-refractivity contribution < 1.29 is 19.8 Å². The third-order valence-electron chi connectivity index (χ3n) is 4.54. The lowest BCUT2D eigenvalue weighted by molar-refractivity contribution is -0.301. The van der Waals surface area contributed by atoms with Gasteiger partial charge in [0.25, 0.3) is 0 Å². The van der Waals surface area contributed by atoms with E-state index in [4.69, 9.17) is 0 Å². The number of aliphatic hydroxyl groups excluding tert-OH is 1. The number of benzene rings is 1. The molecule has 2 heterocycles. The summed E-state index contributed by atoms with van der Waals surface area (Å²) in [5, 5.41) is 21.3. The molecule has 0 bridgehead atoms. The second-order valence-corrected chi connectivity index (χ2v) is 7.05. The Morgan fingerprint density at radius 1 is 1.39 bits per heavy atom. The fourth-order valence-electron chi connectivity index (χ4n) is 3.44. The van der Waals surface area contributed by atoms with Gasteiger partial charge in [0.05, 0.1) is 29.7 Å². The average Bonchev–Trinajstić information content (AvgIpc) is 2.75. The Balaban J connectivity index is 1.86. The van der Waals surface area contributed by atoms with Crippen LogP contribution in [0.2, 0.25) is 0 Å². The van der Waals surface area contributed by atoms with Crippen LogP contribution in [0.25, 0.3) is 0 Å². The van der Waals surface area contributed by atoms with E-state index in [2.05, 4.69) is 0 Å². The van der Waals surface area contributed by atoms with Crippen molar-refractivity contribution in [2.24, 2.45) is 11.8 Å². The van der Waals surface area contributed by atoms with Gasteiger partial charge in [0.15, 0.2) is 0 Å². The molecule has 1 saturated heterocycles. The second kappa shape index (κ2) is 6.02. The lowest BCUT2D eigenvalue weighted by atomic mass is 9.79. The summed E-state index contributed by atoms with van der Waals surface area (Å²) in [4.78, 5) is 25.7. The minimum Gasteiger partial charge on any atom is -0.543 e. The standard InChI is InChI=1S/C17H19NO4S/c1-9-13-12(10(2)19)16(20)18(13)14(17(21)22)15(9)23-8-11-6-4-3-5-7-11/h3-7,9-10,12-13,19H,8H2,1-2H3,(H,21,22)/p-1/t9-,10-,12-,13-/m1/s1. The molecule has 1 N–H and O–H groups in total. The normalized spacial score (nSPS) is 27.7. The highest BCUT2D eigenvalue weighted by molar-refractivity contribution is 8.02. The molecule has 0 aliphatic carbocycles. The zero-order valence-electron chi connectivity index (χ0n) is 12.9. The smallest absolute Gasteiger partial charge is 0.235 e. The molecule has 0 spiro atoms. The van der Waals surface area contributed by atoms with Crippen LogP contribution in [0.3, 0.4) is 0 Å². The van der Waals surface area contributed by atoms with E-state index in [-0.39, 0.29) is 23.6 Å². The number of hydrogen-bond acceptors (Lipinski definition) is 5. The molecule has 0 unspecified atom stereocenters. The first-order valence-corrected chi connectivity index (χ1v) is 8.55. The van der Waals surface area contributed by atoms with Crippen molar-refractivity contribution in [2.45, 2.75) is 31.7 Å². The Bertz CT molecular complexity index is 670. The van der Waals surface area contributed by atoms with Crippen LogP contribution >= 0.6 is 11.8 Å². The van der Waals surface area contributed by atoms with Gasteiger partial charge in [-0.05, 0) is 12.5 Å².